The molecule has 1 N–H and O–H groups in total. The van der Waals surface area contributed by atoms with Crippen LogP contribution in [0.5, 0.6) is 5.75 Å². The second-order valence-electron chi connectivity index (χ2n) is 9.72. The van der Waals surface area contributed by atoms with Crippen LogP contribution in [-0.4, -0.2) is 34.9 Å². The summed E-state index contributed by atoms with van der Waals surface area (Å²) in [6.45, 7) is 6.67. The van der Waals surface area contributed by atoms with Crippen LogP contribution in [-0.2, 0) is 22.6 Å². The van der Waals surface area contributed by atoms with Crippen molar-refractivity contribution in [3.05, 3.63) is 102 Å². The first-order valence-electron chi connectivity index (χ1n) is 12.2. The molecule has 0 fully saturated rings. The summed E-state index contributed by atoms with van der Waals surface area (Å²) >= 11 is 0. The molecule has 2 amide bonds. The van der Waals surface area contributed by atoms with Crippen molar-refractivity contribution < 1.29 is 14.3 Å². The highest BCUT2D eigenvalue weighted by Gasteiger charge is 2.31. The van der Waals surface area contributed by atoms with Crippen LogP contribution in [0, 0.1) is 0 Å². The van der Waals surface area contributed by atoms with Crippen LogP contribution in [0.2, 0.25) is 0 Å². The highest BCUT2D eigenvalue weighted by molar-refractivity contribution is 5.88. The zero-order valence-electron chi connectivity index (χ0n) is 20.9. The Kier molecular flexibility index (Phi) is 9.47. The van der Waals surface area contributed by atoms with Gasteiger partial charge in [0.15, 0.2) is 0 Å². The van der Waals surface area contributed by atoms with Crippen molar-refractivity contribution in [2.45, 2.75) is 58.2 Å². The van der Waals surface area contributed by atoms with Crippen molar-refractivity contribution in [2.24, 2.45) is 0 Å². The van der Waals surface area contributed by atoms with E-state index in [0.29, 0.717) is 32.4 Å². The summed E-state index contributed by atoms with van der Waals surface area (Å²) in [7, 11) is 0. The number of carbonyl (C=O) groups is 2. The average molecular weight is 473 g/mol. The zero-order valence-corrected chi connectivity index (χ0v) is 20.9. The third-order valence-corrected chi connectivity index (χ3v) is 5.51. The number of hydrogen-bond acceptors (Lipinski definition) is 3. The van der Waals surface area contributed by atoms with E-state index in [1.807, 2.05) is 112 Å². The first-order valence-corrected chi connectivity index (χ1v) is 12.2. The number of rotatable bonds is 11. The third kappa shape index (κ3) is 8.93. The van der Waals surface area contributed by atoms with Gasteiger partial charge in [-0.25, -0.2) is 0 Å². The van der Waals surface area contributed by atoms with Gasteiger partial charge in [-0.1, -0.05) is 78.9 Å². The first kappa shape index (κ1) is 26.0. The Morgan fingerprint density at radius 3 is 1.94 bits per heavy atom. The van der Waals surface area contributed by atoms with Gasteiger partial charge in [-0.15, -0.1) is 0 Å². The van der Waals surface area contributed by atoms with Gasteiger partial charge in [0.25, 0.3) is 0 Å². The van der Waals surface area contributed by atoms with E-state index >= 15 is 0 Å². The van der Waals surface area contributed by atoms with Gasteiger partial charge < -0.3 is 15.0 Å². The molecule has 5 heteroatoms. The molecule has 3 aromatic carbocycles. The van der Waals surface area contributed by atoms with E-state index in [2.05, 4.69) is 5.32 Å². The Hall–Kier alpha value is -3.60. The summed E-state index contributed by atoms with van der Waals surface area (Å²) in [5.74, 6) is 0.578. The van der Waals surface area contributed by atoms with Gasteiger partial charge in [-0.05, 0) is 50.5 Å². The quantitative estimate of drug-likeness (QED) is 0.380. The smallest absolute Gasteiger partial charge is 0.243 e. The molecular weight excluding hydrogens is 436 g/mol. The Balaban J connectivity index is 1.79. The van der Waals surface area contributed by atoms with Crippen LogP contribution in [0.25, 0.3) is 0 Å². The van der Waals surface area contributed by atoms with Crippen molar-refractivity contribution in [3.8, 4) is 5.75 Å². The van der Waals surface area contributed by atoms with Gasteiger partial charge in [-0.3, -0.25) is 9.59 Å². The van der Waals surface area contributed by atoms with E-state index in [9.17, 15) is 9.59 Å². The molecule has 1 atom stereocenters. The van der Waals surface area contributed by atoms with E-state index in [0.717, 1.165) is 16.9 Å². The highest BCUT2D eigenvalue weighted by atomic mass is 16.5. The van der Waals surface area contributed by atoms with Crippen molar-refractivity contribution in [1.29, 1.82) is 0 Å². The third-order valence-electron chi connectivity index (χ3n) is 5.51. The Morgan fingerprint density at radius 1 is 0.829 bits per heavy atom. The van der Waals surface area contributed by atoms with Gasteiger partial charge >= 0.3 is 0 Å². The minimum absolute atomic E-state index is 0.0597. The lowest BCUT2D eigenvalue weighted by atomic mass is 10.00. The normalized spacial score (nSPS) is 12.0. The van der Waals surface area contributed by atoms with E-state index < -0.39 is 11.6 Å². The topological polar surface area (TPSA) is 58.6 Å². The van der Waals surface area contributed by atoms with E-state index in [-0.39, 0.29) is 11.8 Å². The average Bonchev–Trinajstić information content (AvgIpc) is 2.84. The van der Waals surface area contributed by atoms with Crippen molar-refractivity contribution in [2.75, 3.05) is 6.61 Å². The molecule has 35 heavy (non-hydrogen) atoms. The van der Waals surface area contributed by atoms with Gasteiger partial charge in [0.05, 0.1) is 6.61 Å². The maximum atomic E-state index is 13.6. The van der Waals surface area contributed by atoms with Crippen LogP contribution in [0.3, 0.4) is 0 Å². The lowest BCUT2D eigenvalue weighted by Gasteiger charge is -2.34. The molecule has 0 saturated carbocycles. The molecule has 0 radical (unpaired) electrons. The standard InChI is InChI=1S/C30H36N2O3/c1-30(2,3)31-29(34)27(22-24-14-7-4-8-15-24)32(23-25-16-9-5-10-17-25)28(33)20-13-21-35-26-18-11-6-12-19-26/h4-12,14-19,27H,13,20-23H2,1-3H3,(H,31,34). The summed E-state index contributed by atoms with van der Waals surface area (Å²) in [6.07, 6.45) is 1.31. The predicted octanol–water partition coefficient (Wildman–Crippen LogP) is 5.40. The molecule has 0 saturated heterocycles. The van der Waals surface area contributed by atoms with Gasteiger partial charge in [-0.2, -0.15) is 0 Å². The molecule has 184 valence electrons. The molecule has 0 bridgehead atoms. The van der Waals surface area contributed by atoms with Crippen molar-refractivity contribution in [3.63, 3.8) is 0 Å². The molecule has 1 unspecified atom stereocenters. The number of nitrogens with one attached hydrogen (secondary N) is 1. The van der Waals surface area contributed by atoms with Crippen LogP contribution >= 0.6 is 0 Å². The Labute approximate surface area is 209 Å². The summed E-state index contributed by atoms with van der Waals surface area (Å²) in [5.41, 5.74) is 1.60. The molecule has 0 heterocycles. The van der Waals surface area contributed by atoms with Crippen molar-refractivity contribution in [1.82, 2.24) is 10.2 Å². The molecule has 3 aromatic rings. The number of hydrogen-bond donors (Lipinski definition) is 1. The number of para-hydroxylation sites is 1. The lowest BCUT2D eigenvalue weighted by Crippen LogP contribution is -2.54. The van der Waals surface area contributed by atoms with Gasteiger partial charge in [0, 0.05) is 24.9 Å². The number of ether oxygens (including phenoxy) is 1. The van der Waals surface area contributed by atoms with Crippen LogP contribution in [0.4, 0.5) is 0 Å². The molecule has 0 spiro atoms. The lowest BCUT2D eigenvalue weighted by molar-refractivity contribution is -0.142. The fourth-order valence-electron chi connectivity index (χ4n) is 3.86. The molecular formula is C30H36N2O3. The Morgan fingerprint density at radius 2 is 1.37 bits per heavy atom. The SMILES string of the molecule is CC(C)(C)NC(=O)C(Cc1ccccc1)N(Cc1ccccc1)C(=O)CCCOc1ccccc1. The minimum Gasteiger partial charge on any atom is -0.494 e. The largest absolute Gasteiger partial charge is 0.494 e. The second-order valence-corrected chi connectivity index (χ2v) is 9.72. The number of carbonyl (C=O) groups excluding carboxylic acids is 2. The fraction of sp³-hybridized carbons (Fsp3) is 0.333. The van der Waals surface area contributed by atoms with Crippen LogP contribution in [0.15, 0.2) is 91.0 Å². The zero-order chi connectivity index (χ0) is 25.1. The number of amides is 2. The summed E-state index contributed by atoms with van der Waals surface area (Å²) in [5, 5.41) is 3.09. The predicted molar refractivity (Wildman–Crippen MR) is 140 cm³/mol. The summed E-state index contributed by atoms with van der Waals surface area (Å²) < 4.78 is 5.77. The summed E-state index contributed by atoms with van der Waals surface area (Å²) in [4.78, 5) is 28.8. The monoisotopic (exact) mass is 472 g/mol. The highest BCUT2D eigenvalue weighted by Crippen LogP contribution is 2.18. The molecule has 0 aromatic heterocycles. The molecule has 0 aliphatic heterocycles. The van der Waals surface area contributed by atoms with E-state index in [4.69, 9.17) is 4.74 Å². The molecule has 5 nitrogen and oxygen atoms in total. The first-order chi connectivity index (χ1) is 16.8. The second kappa shape index (κ2) is 12.7. The molecule has 0 aliphatic rings. The van der Waals surface area contributed by atoms with Gasteiger partial charge in [0.2, 0.25) is 11.8 Å². The number of nitrogens with zero attached hydrogens (tertiary/aromatic N) is 1. The molecule has 0 aliphatic carbocycles. The maximum Gasteiger partial charge on any atom is 0.243 e. The van der Waals surface area contributed by atoms with Crippen LogP contribution < -0.4 is 10.1 Å². The van der Waals surface area contributed by atoms with E-state index in [1.54, 1.807) is 4.90 Å². The minimum atomic E-state index is -0.626. The number of benzene rings is 3. The van der Waals surface area contributed by atoms with Crippen molar-refractivity contribution >= 4 is 11.8 Å². The van der Waals surface area contributed by atoms with E-state index in [1.165, 1.54) is 0 Å². The summed E-state index contributed by atoms with van der Waals surface area (Å²) in [6, 6.07) is 28.6. The fourth-order valence-corrected chi connectivity index (χ4v) is 3.86. The van der Waals surface area contributed by atoms with Gasteiger partial charge in [0.1, 0.15) is 11.8 Å². The van der Waals surface area contributed by atoms with Crippen LogP contribution in [0.1, 0.15) is 44.7 Å². The Bertz CT molecular complexity index is 1050. The molecule has 3 rings (SSSR count). The maximum absolute atomic E-state index is 13.6.